The highest BCUT2D eigenvalue weighted by Gasteiger charge is 2.39. The van der Waals surface area contributed by atoms with E-state index in [2.05, 4.69) is 4.99 Å². The third kappa shape index (κ3) is 0.899. The van der Waals surface area contributed by atoms with Gasteiger partial charge in [-0.05, 0) is 0 Å². The first-order valence-corrected chi connectivity index (χ1v) is 2.25. The van der Waals surface area contributed by atoms with E-state index >= 15 is 0 Å². The quantitative estimate of drug-likeness (QED) is 0.343. The summed E-state index contributed by atoms with van der Waals surface area (Å²) in [6.45, 7) is 0. The van der Waals surface area contributed by atoms with Crippen molar-refractivity contribution in [1.29, 1.82) is 0 Å². The van der Waals surface area contributed by atoms with Crippen LogP contribution in [0.3, 0.4) is 0 Å². The van der Waals surface area contributed by atoms with Crippen LogP contribution in [0.4, 0.5) is 0 Å². The molecule has 3 heteroatoms. The lowest BCUT2D eigenvalue weighted by molar-refractivity contribution is 0.162. The largest absolute Gasteiger partial charge is 0.390 e. The molecule has 0 heterocycles. The maximum atomic E-state index is 8.85. The van der Waals surface area contributed by atoms with E-state index in [-0.39, 0.29) is 0 Å². The molecule has 1 aliphatic rings. The first kappa shape index (κ1) is 4.59. The molecule has 0 aromatic heterocycles. The van der Waals surface area contributed by atoms with Crippen molar-refractivity contribution < 1.29 is 5.11 Å². The van der Waals surface area contributed by atoms with Gasteiger partial charge in [0.15, 0.2) is 5.72 Å². The molecule has 0 aromatic rings. The van der Waals surface area contributed by atoms with Crippen molar-refractivity contribution in [2.45, 2.75) is 18.6 Å². The summed E-state index contributed by atoms with van der Waals surface area (Å²) < 4.78 is 0. The van der Waals surface area contributed by atoms with Gasteiger partial charge in [0, 0.05) is 12.8 Å². The van der Waals surface area contributed by atoms with Gasteiger partial charge in [-0.1, -0.05) is 0 Å². The van der Waals surface area contributed by atoms with Gasteiger partial charge in [-0.25, -0.2) is 4.99 Å². The molecule has 40 valence electrons. The molecule has 3 N–H and O–H groups in total. The van der Waals surface area contributed by atoms with Crippen LogP contribution in [0.5, 0.6) is 0 Å². The Morgan fingerprint density at radius 1 is 1.71 bits per heavy atom. The van der Waals surface area contributed by atoms with Crippen LogP contribution in [0.1, 0.15) is 12.8 Å². The standard InChI is InChI=1S/C4H8N2O/c5-3-6-4(7)1-2-4/h3,7H,1-2H2,(H2,5,6). The van der Waals surface area contributed by atoms with Crippen molar-refractivity contribution >= 4 is 6.34 Å². The van der Waals surface area contributed by atoms with Crippen molar-refractivity contribution in [3.63, 3.8) is 0 Å². The van der Waals surface area contributed by atoms with Crippen LogP contribution >= 0.6 is 0 Å². The summed E-state index contributed by atoms with van der Waals surface area (Å²) in [5.41, 5.74) is 4.15. The molecular weight excluding hydrogens is 92.1 g/mol. The Morgan fingerprint density at radius 2 is 2.29 bits per heavy atom. The molecule has 0 aromatic carbocycles. The van der Waals surface area contributed by atoms with Crippen LogP contribution in [0.15, 0.2) is 4.99 Å². The van der Waals surface area contributed by atoms with Gasteiger partial charge >= 0.3 is 0 Å². The number of rotatable bonds is 1. The summed E-state index contributed by atoms with van der Waals surface area (Å²) >= 11 is 0. The summed E-state index contributed by atoms with van der Waals surface area (Å²) in [7, 11) is 0. The summed E-state index contributed by atoms with van der Waals surface area (Å²) in [6.07, 6.45) is 2.68. The minimum absolute atomic E-state index is 0.755. The van der Waals surface area contributed by atoms with E-state index in [0.717, 1.165) is 19.2 Å². The van der Waals surface area contributed by atoms with Gasteiger partial charge in [-0.15, -0.1) is 0 Å². The van der Waals surface area contributed by atoms with Gasteiger partial charge in [0.05, 0.1) is 6.34 Å². The van der Waals surface area contributed by atoms with Gasteiger partial charge in [0.25, 0.3) is 0 Å². The predicted octanol–water partition coefficient (Wildman–Crippen LogP) is -0.544. The van der Waals surface area contributed by atoms with Crippen molar-refractivity contribution in [3.8, 4) is 0 Å². The van der Waals surface area contributed by atoms with E-state index in [1.54, 1.807) is 0 Å². The van der Waals surface area contributed by atoms with Crippen LogP contribution in [-0.4, -0.2) is 17.2 Å². The Hall–Kier alpha value is -0.570. The highest BCUT2D eigenvalue weighted by Crippen LogP contribution is 2.35. The van der Waals surface area contributed by atoms with E-state index in [1.807, 2.05) is 0 Å². The normalized spacial score (nSPS) is 25.9. The van der Waals surface area contributed by atoms with Gasteiger partial charge < -0.3 is 10.8 Å². The monoisotopic (exact) mass is 100 g/mol. The van der Waals surface area contributed by atoms with E-state index in [0.29, 0.717) is 0 Å². The topological polar surface area (TPSA) is 58.6 Å². The lowest BCUT2D eigenvalue weighted by atomic mass is 10.6. The molecule has 0 spiro atoms. The Morgan fingerprint density at radius 3 is 2.43 bits per heavy atom. The Bertz CT molecular complexity index is 95.9. The number of hydrogen-bond donors (Lipinski definition) is 2. The van der Waals surface area contributed by atoms with Gasteiger partial charge in [-0.3, -0.25) is 0 Å². The summed E-state index contributed by atoms with van der Waals surface area (Å²) in [5, 5.41) is 8.85. The third-order valence-electron chi connectivity index (χ3n) is 1.01. The summed E-state index contributed by atoms with van der Waals surface area (Å²) in [5.74, 6) is 0. The average Bonchev–Trinajstić information content (AvgIpc) is 2.22. The molecule has 1 rings (SSSR count). The van der Waals surface area contributed by atoms with Crippen molar-refractivity contribution in [2.24, 2.45) is 10.7 Å². The van der Waals surface area contributed by atoms with Crippen LogP contribution < -0.4 is 5.73 Å². The molecule has 1 saturated carbocycles. The van der Waals surface area contributed by atoms with Gasteiger partial charge in [0.2, 0.25) is 0 Å². The van der Waals surface area contributed by atoms with Gasteiger partial charge in [-0.2, -0.15) is 0 Å². The molecule has 7 heavy (non-hydrogen) atoms. The molecule has 0 atom stereocenters. The second-order valence-corrected chi connectivity index (χ2v) is 1.76. The fourth-order valence-electron chi connectivity index (χ4n) is 0.380. The molecule has 0 amide bonds. The fourth-order valence-corrected chi connectivity index (χ4v) is 0.380. The highest BCUT2D eigenvalue weighted by molar-refractivity contribution is 5.52. The smallest absolute Gasteiger partial charge is 0.157 e. The van der Waals surface area contributed by atoms with Crippen molar-refractivity contribution in [3.05, 3.63) is 0 Å². The van der Waals surface area contributed by atoms with E-state index in [4.69, 9.17) is 10.8 Å². The number of hydrogen-bond acceptors (Lipinski definition) is 2. The molecule has 0 bridgehead atoms. The zero-order valence-electron chi connectivity index (χ0n) is 3.96. The first-order chi connectivity index (χ1) is 3.27. The molecule has 3 nitrogen and oxygen atoms in total. The highest BCUT2D eigenvalue weighted by atomic mass is 16.3. The molecule has 0 unspecified atom stereocenters. The van der Waals surface area contributed by atoms with E-state index in [9.17, 15) is 0 Å². The SMILES string of the molecule is NC=NC1(O)CC1. The molecule has 1 fully saturated rings. The minimum atomic E-state index is -0.755. The summed E-state index contributed by atoms with van der Waals surface area (Å²) in [6, 6.07) is 0. The number of nitrogens with zero attached hydrogens (tertiary/aromatic N) is 1. The number of aliphatic hydroxyl groups is 1. The van der Waals surface area contributed by atoms with Crippen LogP contribution in [-0.2, 0) is 0 Å². The zero-order valence-corrected chi connectivity index (χ0v) is 3.96. The summed E-state index contributed by atoms with van der Waals surface area (Å²) in [4.78, 5) is 3.58. The average molecular weight is 100 g/mol. The lowest BCUT2D eigenvalue weighted by Gasteiger charge is -1.93. The second-order valence-electron chi connectivity index (χ2n) is 1.76. The molecular formula is C4H8N2O. The maximum absolute atomic E-state index is 8.85. The van der Waals surface area contributed by atoms with Crippen LogP contribution in [0, 0.1) is 0 Å². The first-order valence-electron chi connectivity index (χ1n) is 2.25. The number of aliphatic imine (C=N–C) groups is 1. The zero-order chi connectivity index (χ0) is 5.33. The van der Waals surface area contributed by atoms with Crippen molar-refractivity contribution in [2.75, 3.05) is 0 Å². The molecule has 0 radical (unpaired) electrons. The Labute approximate surface area is 41.9 Å². The minimum Gasteiger partial charge on any atom is -0.390 e. The number of nitrogens with two attached hydrogens (primary N) is 1. The van der Waals surface area contributed by atoms with Crippen molar-refractivity contribution in [1.82, 2.24) is 0 Å². The molecule has 1 aliphatic carbocycles. The Kier molecular flexibility index (Phi) is 0.785. The lowest BCUT2D eigenvalue weighted by Crippen LogP contribution is -2.04. The molecule has 0 aliphatic heterocycles. The predicted molar refractivity (Wildman–Crippen MR) is 26.9 cm³/mol. The third-order valence-corrected chi connectivity index (χ3v) is 1.01. The molecule has 0 saturated heterocycles. The van der Waals surface area contributed by atoms with Crippen LogP contribution in [0.25, 0.3) is 0 Å². The van der Waals surface area contributed by atoms with E-state index in [1.165, 1.54) is 0 Å². The van der Waals surface area contributed by atoms with Gasteiger partial charge in [0.1, 0.15) is 0 Å². The fraction of sp³-hybridized carbons (Fsp3) is 0.750. The van der Waals surface area contributed by atoms with Crippen LogP contribution in [0.2, 0.25) is 0 Å². The second kappa shape index (κ2) is 1.20. The van der Waals surface area contributed by atoms with E-state index < -0.39 is 5.72 Å². The Balaban J connectivity index is 2.40. The maximum Gasteiger partial charge on any atom is 0.157 e.